The molecule has 2 nitrogen and oxygen atoms in total. The molecule has 0 aliphatic rings. The van der Waals surface area contributed by atoms with Gasteiger partial charge in [0.2, 0.25) is 0 Å². The molecule has 1 aromatic rings. The third-order valence-corrected chi connectivity index (χ3v) is 2.09. The first-order valence-electron chi connectivity index (χ1n) is 4.63. The van der Waals surface area contributed by atoms with E-state index in [0.717, 1.165) is 24.8 Å². The van der Waals surface area contributed by atoms with Gasteiger partial charge in [-0.3, -0.25) is 0 Å². The van der Waals surface area contributed by atoms with Crippen LogP contribution >= 0.6 is 0 Å². The van der Waals surface area contributed by atoms with Gasteiger partial charge in [0.05, 0.1) is 7.11 Å². The first kappa shape index (κ1) is 9.90. The number of benzene rings is 1. The SMILES string of the molecule is CCCCc1ccc(OC)cc1O. The Morgan fingerprint density at radius 2 is 2.15 bits per heavy atom. The molecule has 0 aliphatic carbocycles. The molecule has 1 N–H and O–H groups in total. The molecule has 0 fully saturated rings. The van der Waals surface area contributed by atoms with E-state index in [2.05, 4.69) is 6.92 Å². The van der Waals surface area contributed by atoms with E-state index in [9.17, 15) is 5.11 Å². The number of phenols is 1. The van der Waals surface area contributed by atoms with Crippen molar-refractivity contribution >= 4 is 0 Å². The van der Waals surface area contributed by atoms with Crippen molar-refractivity contribution in [3.05, 3.63) is 23.8 Å². The Morgan fingerprint density at radius 1 is 1.38 bits per heavy atom. The van der Waals surface area contributed by atoms with Crippen LogP contribution in [0, 0.1) is 0 Å². The highest BCUT2D eigenvalue weighted by atomic mass is 16.5. The van der Waals surface area contributed by atoms with Crippen molar-refractivity contribution in [1.82, 2.24) is 0 Å². The topological polar surface area (TPSA) is 29.5 Å². The molecule has 0 bridgehead atoms. The average molecular weight is 180 g/mol. The van der Waals surface area contributed by atoms with Crippen LogP contribution in [0.4, 0.5) is 0 Å². The Morgan fingerprint density at radius 3 is 2.69 bits per heavy atom. The van der Waals surface area contributed by atoms with Gasteiger partial charge >= 0.3 is 0 Å². The highest BCUT2D eigenvalue weighted by Crippen LogP contribution is 2.24. The molecule has 13 heavy (non-hydrogen) atoms. The van der Waals surface area contributed by atoms with Crippen LogP contribution in [0.15, 0.2) is 18.2 Å². The number of aryl methyl sites for hydroxylation is 1. The van der Waals surface area contributed by atoms with Crippen LogP contribution < -0.4 is 4.74 Å². The van der Waals surface area contributed by atoms with Crippen LogP contribution in [-0.2, 0) is 6.42 Å². The van der Waals surface area contributed by atoms with Crippen molar-refractivity contribution in [2.45, 2.75) is 26.2 Å². The zero-order valence-corrected chi connectivity index (χ0v) is 8.21. The Hall–Kier alpha value is -1.18. The molecule has 0 spiro atoms. The Kier molecular flexibility index (Phi) is 3.62. The van der Waals surface area contributed by atoms with E-state index < -0.39 is 0 Å². The van der Waals surface area contributed by atoms with Gasteiger partial charge in [-0.05, 0) is 24.5 Å². The van der Waals surface area contributed by atoms with Gasteiger partial charge in [0.25, 0.3) is 0 Å². The summed E-state index contributed by atoms with van der Waals surface area (Å²) in [6.07, 6.45) is 3.19. The summed E-state index contributed by atoms with van der Waals surface area (Å²) in [6.45, 7) is 2.14. The maximum absolute atomic E-state index is 9.57. The van der Waals surface area contributed by atoms with Crippen molar-refractivity contribution in [1.29, 1.82) is 0 Å². The van der Waals surface area contributed by atoms with E-state index in [0.29, 0.717) is 11.5 Å². The van der Waals surface area contributed by atoms with E-state index in [1.807, 2.05) is 12.1 Å². The van der Waals surface area contributed by atoms with Gasteiger partial charge in [0.1, 0.15) is 11.5 Å². The highest BCUT2D eigenvalue weighted by Gasteiger charge is 2.01. The van der Waals surface area contributed by atoms with Crippen molar-refractivity contribution < 1.29 is 9.84 Å². The summed E-state index contributed by atoms with van der Waals surface area (Å²) in [7, 11) is 1.60. The maximum atomic E-state index is 9.57. The molecular weight excluding hydrogens is 164 g/mol. The van der Waals surface area contributed by atoms with E-state index in [1.54, 1.807) is 13.2 Å². The van der Waals surface area contributed by atoms with Crippen LogP contribution in [0.1, 0.15) is 25.3 Å². The summed E-state index contributed by atoms with van der Waals surface area (Å²) in [5.41, 5.74) is 1.00. The zero-order chi connectivity index (χ0) is 9.68. The molecule has 0 saturated heterocycles. The van der Waals surface area contributed by atoms with Gasteiger partial charge in [-0.25, -0.2) is 0 Å². The number of methoxy groups -OCH3 is 1. The summed E-state index contributed by atoms with van der Waals surface area (Å²) in [5, 5.41) is 9.57. The lowest BCUT2D eigenvalue weighted by Gasteiger charge is -2.05. The molecule has 0 aliphatic heterocycles. The molecule has 1 aromatic carbocycles. The number of hydrogen-bond donors (Lipinski definition) is 1. The van der Waals surface area contributed by atoms with Gasteiger partial charge in [-0.15, -0.1) is 0 Å². The summed E-state index contributed by atoms with van der Waals surface area (Å²) < 4.78 is 4.99. The molecule has 0 unspecified atom stereocenters. The second-order valence-electron chi connectivity index (χ2n) is 3.10. The summed E-state index contributed by atoms with van der Waals surface area (Å²) in [6, 6.07) is 5.46. The molecule has 0 amide bonds. The molecule has 0 aromatic heterocycles. The summed E-state index contributed by atoms with van der Waals surface area (Å²) in [4.78, 5) is 0. The first-order valence-corrected chi connectivity index (χ1v) is 4.63. The molecular formula is C11H16O2. The first-order chi connectivity index (χ1) is 6.27. The second kappa shape index (κ2) is 4.75. The Labute approximate surface area is 79.2 Å². The van der Waals surface area contributed by atoms with E-state index in [-0.39, 0.29) is 0 Å². The Balaban J connectivity index is 2.73. The number of unbranched alkanes of at least 4 members (excludes halogenated alkanes) is 1. The molecule has 0 heterocycles. The van der Waals surface area contributed by atoms with Crippen LogP contribution in [-0.4, -0.2) is 12.2 Å². The Bertz CT molecular complexity index is 269. The zero-order valence-electron chi connectivity index (χ0n) is 8.21. The molecule has 1 rings (SSSR count). The second-order valence-corrected chi connectivity index (χ2v) is 3.10. The number of aromatic hydroxyl groups is 1. The van der Waals surface area contributed by atoms with Crippen LogP contribution in [0.25, 0.3) is 0 Å². The monoisotopic (exact) mass is 180 g/mol. The van der Waals surface area contributed by atoms with Crippen LogP contribution in [0.3, 0.4) is 0 Å². The van der Waals surface area contributed by atoms with E-state index in [4.69, 9.17) is 4.74 Å². The fourth-order valence-corrected chi connectivity index (χ4v) is 1.25. The minimum Gasteiger partial charge on any atom is -0.508 e. The molecule has 0 saturated carbocycles. The number of phenolic OH excluding ortho intramolecular Hbond substituents is 1. The predicted molar refractivity (Wildman–Crippen MR) is 53.3 cm³/mol. The van der Waals surface area contributed by atoms with Crippen molar-refractivity contribution in [3.63, 3.8) is 0 Å². The largest absolute Gasteiger partial charge is 0.508 e. The number of rotatable bonds is 4. The quantitative estimate of drug-likeness (QED) is 0.772. The van der Waals surface area contributed by atoms with Crippen molar-refractivity contribution in [2.24, 2.45) is 0 Å². The molecule has 0 atom stereocenters. The van der Waals surface area contributed by atoms with Crippen LogP contribution in [0.2, 0.25) is 0 Å². The van der Waals surface area contributed by atoms with Crippen molar-refractivity contribution in [3.8, 4) is 11.5 Å². The van der Waals surface area contributed by atoms with E-state index in [1.165, 1.54) is 0 Å². The summed E-state index contributed by atoms with van der Waals surface area (Å²) >= 11 is 0. The average Bonchev–Trinajstić information content (AvgIpc) is 2.16. The van der Waals surface area contributed by atoms with Gasteiger partial charge in [0.15, 0.2) is 0 Å². The fourth-order valence-electron chi connectivity index (χ4n) is 1.25. The van der Waals surface area contributed by atoms with Gasteiger partial charge in [-0.2, -0.15) is 0 Å². The third kappa shape index (κ3) is 2.65. The normalized spacial score (nSPS) is 10.0. The lowest BCUT2D eigenvalue weighted by Crippen LogP contribution is -1.87. The van der Waals surface area contributed by atoms with Crippen LogP contribution in [0.5, 0.6) is 11.5 Å². The maximum Gasteiger partial charge on any atom is 0.122 e. The predicted octanol–water partition coefficient (Wildman–Crippen LogP) is 2.74. The molecule has 2 heteroatoms. The summed E-state index contributed by atoms with van der Waals surface area (Å²) in [5.74, 6) is 1.05. The van der Waals surface area contributed by atoms with Gasteiger partial charge in [-0.1, -0.05) is 19.4 Å². The van der Waals surface area contributed by atoms with E-state index >= 15 is 0 Å². The van der Waals surface area contributed by atoms with Crippen molar-refractivity contribution in [2.75, 3.05) is 7.11 Å². The minimum atomic E-state index is 0.341. The molecule has 72 valence electrons. The number of hydrogen-bond acceptors (Lipinski definition) is 2. The lowest BCUT2D eigenvalue weighted by atomic mass is 10.1. The van der Waals surface area contributed by atoms with Gasteiger partial charge in [0, 0.05) is 6.07 Å². The highest BCUT2D eigenvalue weighted by molar-refractivity contribution is 5.39. The minimum absolute atomic E-state index is 0.341. The van der Waals surface area contributed by atoms with Gasteiger partial charge < -0.3 is 9.84 Å². The lowest BCUT2D eigenvalue weighted by molar-refractivity contribution is 0.406. The third-order valence-electron chi connectivity index (χ3n) is 2.09. The number of ether oxygens (including phenoxy) is 1. The smallest absolute Gasteiger partial charge is 0.122 e. The standard InChI is InChI=1S/C11H16O2/c1-3-4-5-9-6-7-10(13-2)8-11(9)12/h6-8,12H,3-5H2,1-2H3. The fraction of sp³-hybridized carbons (Fsp3) is 0.455. The molecule has 0 radical (unpaired) electrons.